The van der Waals surface area contributed by atoms with Gasteiger partial charge in [-0.2, -0.15) is 0 Å². The van der Waals surface area contributed by atoms with Crippen molar-refractivity contribution in [3.05, 3.63) is 64.8 Å². The minimum atomic E-state index is -0.228. The topological polar surface area (TPSA) is 68.0 Å². The minimum Gasteiger partial charge on any atom is -0.397 e. The van der Waals surface area contributed by atoms with Gasteiger partial charge in [-0.15, -0.1) is 0 Å². The molecule has 0 spiro atoms. The molecule has 104 valence electrons. The number of aromatic nitrogens is 1. The van der Waals surface area contributed by atoms with Gasteiger partial charge in [-0.1, -0.05) is 34.1 Å². The lowest BCUT2D eigenvalue weighted by atomic mass is 10.1. The molecule has 0 radical (unpaired) electrons. The van der Waals surface area contributed by atoms with E-state index in [1.54, 1.807) is 24.4 Å². The van der Waals surface area contributed by atoms with Crippen LogP contribution in [0.4, 0.5) is 11.4 Å². The summed E-state index contributed by atoms with van der Waals surface area (Å²) in [6.07, 6.45) is 1.67. The summed E-state index contributed by atoms with van der Waals surface area (Å²) in [7, 11) is 0. The van der Waals surface area contributed by atoms with Crippen LogP contribution >= 0.6 is 15.9 Å². The first-order valence-corrected chi connectivity index (χ1v) is 7.14. The predicted octanol–water partition coefficient (Wildman–Crippen LogP) is 3.83. The number of hydrogen-bond donors (Lipinski definition) is 2. The van der Waals surface area contributed by atoms with Crippen LogP contribution in [0.25, 0.3) is 10.9 Å². The van der Waals surface area contributed by atoms with Gasteiger partial charge in [0.05, 0.1) is 22.5 Å². The Kier molecular flexibility index (Phi) is 3.58. The number of hydrogen-bond acceptors (Lipinski definition) is 3. The number of pyridine rings is 1. The minimum absolute atomic E-state index is 0.228. The Bertz CT molecular complexity index is 827. The highest BCUT2D eigenvalue weighted by atomic mass is 79.9. The Hall–Kier alpha value is -2.40. The molecule has 0 aliphatic heterocycles. The molecule has 0 bridgehead atoms. The molecule has 1 heterocycles. The number of carbonyl (C=O) groups is 1. The van der Waals surface area contributed by atoms with Crippen molar-refractivity contribution >= 4 is 44.1 Å². The maximum Gasteiger partial charge on any atom is 0.257 e. The summed E-state index contributed by atoms with van der Waals surface area (Å²) in [6, 6.07) is 14.6. The van der Waals surface area contributed by atoms with Crippen molar-refractivity contribution in [2.45, 2.75) is 0 Å². The van der Waals surface area contributed by atoms with Gasteiger partial charge in [0.15, 0.2) is 0 Å². The first kappa shape index (κ1) is 13.6. The third kappa shape index (κ3) is 2.73. The highest BCUT2D eigenvalue weighted by molar-refractivity contribution is 9.10. The second-order valence-corrected chi connectivity index (χ2v) is 5.48. The average molecular weight is 342 g/mol. The average Bonchev–Trinajstić information content (AvgIpc) is 2.49. The van der Waals surface area contributed by atoms with Gasteiger partial charge in [-0.25, -0.2) is 0 Å². The fourth-order valence-corrected chi connectivity index (χ4v) is 2.50. The molecule has 0 unspecified atom stereocenters. The van der Waals surface area contributed by atoms with E-state index in [0.29, 0.717) is 22.5 Å². The largest absolute Gasteiger partial charge is 0.397 e. The second kappa shape index (κ2) is 5.54. The number of amides is 1. The van der Waals surface area contributed by atoms with E-state index in [1.807, 2.05) is 30.3 Å². The zero-order valence-corrected chi connectivity index (χ0v) is 12.6. The molecule has 4 nitrogen and oxygen atoms in total. The molecule has 0 saturated heterocycles. The molecule has 1 aromatic heterocycles. The van der Waals surface area contributed by atoms with Gasteiger partial charge in [0.25, 0.3) is 5.91 Å². The lowest BCUT2D eigenvalue weighted by Gasteiger charge is -2.10. The number of nitrogen functional groups attached to an aromatic ring is 1. The van der Waals surface area contributed by atoms with Crippen LogP contribution in [0.5, 0.6) is 0 Å². The maximum atomic E-state index is 12.4. The number of benzene rings is 2. The molecule has 1 amide bonds. The molecule has 0 aliphatic rings. The molecular formula is C16H12BrN3O. The molecule has 0 aliphatic carbocycles. The van der Waals surface area contributed by atoms with Crippen LogP contribution in [0, 0.1) is 0 Å². The van der Waals surface area contributed by atoms with E-state index in [1.165, 1.54) is 0 Å². The third-order valence-corrected chi connectivity index (χ3v) is 3.63. The zero-order chi connectivity index (χ0) is 14.8. The van der Waals surface area contributed by atoms with Crippen LogP contribution in [-0.2, 0) is 0 Å². The van der Waals surface area contributed by atoms with E-state index in [2.05, 4.69) is 26.2 Å². The SMILES string of the molecule is Nc1cc(Br)ccc1NC(=O)c1cccc2cccnc12. The number of nitrogens with two attached hydrogens (primary N) is 1. The van der Waals surface area contributed by atoms with E-state index in [9.17, 15) is 4.79 Å². The number of anilines is 2. The first-order valence-electron chi connectivity index (χ1n) is 6.35. The van der Waals surface area contributed by atoms with Gasteiger partial charge in [-0.3, -0.25) is 9.78 Å². The van der Waals surface area contributed by atoms with Gasteiger partial charge < -0.3 is 11.1 Å². The van der Waals surface area contributed by atoms with Gasteiger partial charge in [-0.05, 0) is 30.3 Å². The van der Waals surface area contributed by atoms with Gasteiger partial charge >= 0.3 is 0 Å². The molecular weight excluding hydrogens is 330 g/mol. The van der Waals surface area contributed by atoms with Crippen molar-refractivity contribution in [3.8, 4) is 0 Å². The summed E-state index contributed by atoms with van der Waals surface area (Å²) < 4.78 is 0.866. The van der Waals surface area contributed by atoms with Crippen molar-refractivity contribution in [3.63, 3.8) is 0 Å². The van der Waals surface area contributed by atoms with Crippen LogP contribution in [0.3, 0.4) is 0 Å². The molecule has 3 rings (SSSR count). The zero-order valence-electron chi connectivity index (χ0n) is 11.0. The lowest BCUT2D eigenvalue weighted by molar-refractivity contribution is 0.102. The van der Waals surface area contributed by atoms with E-state index >= 15 is 0 Å². The maximum absolute atomic E-state index is 12.4. The molecule has 3 aromatic rings. The van der Waals surface area contributed by atoms with E-state index in [0.717, 1.165) is 9.86 Å². The van der Waals surface area contributed by atoms with Crippen LogP contribution < -0.4 is 11.1 Å². The standard InChI is InChI=1S/C16H12BrN3O/c17-11-6-7-14(13(18)9-11)20-16(21)12-5-1-3-10-4-2-8-19-15(10)12/h1-9H,18H2,(H,20,21). The van der Waals surface area contributed by atoms with Crippen molar-refractivity contribution in [2.75, 3.05) is 11.1 Å². The summed E-state index contributed by atoms with van der Waals surface area (Å²) in [4.78, 5) is 16.7. The fraction of sp³-hybridized carbons (Fsp3) is 0. The number of halogens is 1. The molecule has 2 aromatic carbocycles. The van der Waals surface area contributed by atoms with Crippen LogP contribution in [0.1, 0.15) is 10.4 Å². The smallest absolute Gasteiger partial charge is 0.257 e. The van der Waals surface area contributed by atoms with Crippen molar-refractivity contribution in [2.24, 2.45) is 0 Å². The fourth-order valence-electron chi connectivity index (χ4n) is 2.12. The number of fused-ring (bicyclic) bond motifs is 1. The summed E-state index contributed by atoms with van der Waals surface area (Å²) in [5.74, 6) is -0.228. The summed E-state index contributed by atoms with van der Waals surface area (Å²) in [5.41, 5.74) is 8.18. The van der Waals surface area contributed by atoms with Gasteiger partial charge in [0.1, 0.15) is 0 Å². The molecule has 0 atom stereocenters. The van der Waals surface area contributed by atoms with Gasteiger partial charge in [0, 0.05) is 16.1 Å². The normalized spacial score (nSPS) is 10.5. The third-order valence-electron chi connectivity index (χ3n) is 3.14. The Morgan fingerprint density at radius 3 is 2.76 bits per heavy atom. The molecule has 5 heteroatoms. The summed E-state index contributed by atoms with van der Waals surface area (Å²) in [5, 5.41) is 3.75. The van der Waals surface area contributed by atoms with Crippen molar-refractivity contribution in [1.29, 1.82) is 0 Å². The Labute approximate surface area is 130 Å². The van der Waals surface area contributed by atoms with E-state index < -0.39 is 0 Å². The lowest BCUT2D eigenvalue weighted by Crippen LogP contribution is -2.14. The number of nitrogens with one attached hydrogen (secondary N) is 1. The number of carbonyl (C=O) groups excluding carboxylic acids is 1. The molecule has 21 heavy (non-hydrogen) atoms. The van der Waals surface area contributed by atoms with Crippen molar-refractivity contribution in [1.82, 2.24) is 4.98 Å². The van der Waals surface area contributed by atoms with Crippen LogP contribution in [0.15, 0.2) is 59.2 Å². The Morgan fingerprint density at radius 2 is 1.95 bits per heavy atom. The Morgan fingerprint density at radius 1 is 1.14 bits per heavy atom. The molecule has 3 N–H and O–H groups in total. The summed E-state index contributed by atoms with van der Waals surface area (Å²) in [6.45, 7) is 0. The molecule has 0 saturated carbocycles. The second-order valence-electron chi connectivity index (χ2n) is 4.57. The first-order chi connectivity index (χ1) is 10.1. The number of para-hydroxylation sites is 1. The monoisotopic (exact) mass is 341 g/mol. The van der Waals surface area contributed by atoms with Crippen LogP contribution in [0.2, 0.25) is 0 Å². The van der Waals surface area contributed by atoms with Crippen molar-refractivity contribution < 1.29 is 4.79 Å². The van der Waals surface area contributed by atoms with E-state index in [4.69, 9.17) is 5.73 Å². The van der Waals surface area contributed by atoms with E-state index in [-0.39, 0.29) is 5.91 Å². The van der Waals surface area contributed by atoms with Gasteiger partial charge in [0.2, 0.25) is 0 Å². The quantitative estimate of drug-likeness (QED) is 0.696. The van der Waals surface area contributed by atoms with Crippen LogP contribution in [-0.4, -0.2) is 10.9 Å². The number of nitrogens with zero attached hydrogens (tertiary/aromatic N) is 1. The highest BCUT2D eigenvalue weighted by Crippen LogP contribution is 2.24. The molecule has 0 fully saturated rings. The summed E-state index contributed by atoms with van der Waals surface area (Å²) >= 11 is 3.34. The highest BCUT2D eigenvalue weighted by Gasteiger charge is 2.12. The Balaban J connectivity index is 1.97. The number of rotatable bonds is 2. The predicted molar refractivity (Wildman–Crippen MR) is 88.3 cm³/mol.